The number of aryl methyl sites for hydroxylation is 2. The summed E-state index contributed by atoms with van der Waals surface area (Å²) < 4.78 is 42.6. The van der Waals surface area contributed by atoms with Crippen LogP contribution in [-0.2, 0) is 12.8 Å². The van der Waals surface area contributed by atoms with Crippen molar-refractivity contribution < 1.29 is 22.7 Å². The number of anilines is 1. The van der Waals surface area contributed by atoms with E-state index in [2.05, 4.69) is 30.8 Å². The SMILES string of the molecule is Cc1ccc(Cl)c(NC(=S)NC(=O)NC2CCc3cc(-c4ncn(-c5ccc(OC(F)(F)F)cc5)n4)ccc3C2)c1. The molecular formula is C28H24ClF3N6O2S. The number of carbonyl (C=O) groups is 1. The van der Waals surface area contributed by atoms with Gasteiger partial charge >= 0.3 is 12.4 Å². The summed E-state index contributed by atoms with van der Waals surface area (Å²) >= 11 is 11.4. The summed E-state index contributed by atoms with van der Waals surface area (Å²) in [5.41, 5.74) is 5.22. The van der Waals surface area contributed by atoms with Crippen molar-refractivity contribution in [3.8, 4) is 22.8 Å². The first-order valence-electron chi connectivity index (χ1n) is 12.6. The number of urea groups is 1. The van der Waals surface area contributed by atoms with Crippen LogP contribution in [-0.4, -0.2) is 38.3 Å². The molecule has 4 aromatic rings. The maximum atomic E-state index is 12.6. The van der Waals surface area contributed by atoms with Crippen molar-refractivity contribution in [3.05, 3.63) is 88.7 Å². The van der Waals surface area contributed by atoms with Crippen molar-refractivity contribution in [1.29, 1.82) is 0 Å². The van der Waals surface area contributed by atoms with Gasteiger partial charge in [-0.05, 0) is 97.6 Å². The molecule has 0 fully saturated rings. The molecule has 1 heterocycles. The van der Waals surface area contributed by atoms with Crippen LogP contribution in [0.5, 0.6) is 5.75 Å². The Morgan fingerprint density at radius 1 is 1.10 bits per heavy atom. The molecule has 0 saturated heterocycles. The Hall–Kier alpha value is -4.16. The highest BCUT2D eigenvalue weighted by atomic mass is 35.5. The van der Waals surface area contributed by atoms with Gasteiger partial charge in [0.1, 0.15) is 12.1 Å². The van der Waals surface area contributed by atoms with Crippen molar-refractivity contribution >= 4 is 40.6 Å². The molecule has 0 bridgehead atoms. The van der Waals surface area contributed by atoms with E-state index < -0.39 is 12.4 Å². The first kappa shape index (κ1) is 28.4. The molecule has 13 heteroatoms. The molecule has 1 atom stereocenters. The fourth-order valence-electron chi connectivity index (χ4n) is 4.55. The summed E-state index contributed by atoms with van der Waals surface area (Å²) in [6.45, 7) is 1.93. The molecule has 212 valence electrons. The number of amides is 2. The maximum Gasteiger partial charge on any atom is 0.573 e. The molecule has 1 aliphatic rings. The van der Waals surface area contributed by atoms with Crippen molar-refractivity contribution in [1.82, 2.24) is 25.4 Å². The van der Waals surface area contributed by atoms with Crippen molar-refractivity contribution in [2.24, 2.45) is 0 Å². The van der Waals surface area contributed by atoms with Gasteiger partial charge in [-0.3, -0.25) is 5.32 Å². The predicted octanol–water partition coefficient (Wildman–Crippen LogP) is 6.35. The number of nitrogens with zero attached hydrogens (tertiary/aromatic N) is 3. The van der Waals surface area contributed by atoms with Gasteiger partial charge in [-0.2, -0.15) is 0 Å². The van der Waals surface area contributed by atoms with Crippen molar-refractivity contribution in [3.63, 3.8) is 0 Å². The van der Waals surface area contributed by atoms with Gasteiger partial charge in [-0.15, -0.1) is 18.3 Å². The summed E-state index contributed by atoms with van der Waals surface area (Å²) in [4.78, 5) is 16.9. The number of halogens is 4. The second-order valence-corrected chi connectivity index (χ2v) is 10.3. The fraction of sp³-hybridized carbons (Fsp3) is 0.214. The summed E-state index contributed by atoms with van der Waals surface area (Å²) in [6.07, 6.45) is -1.11. The Labute approximate surface area is 243 Å². The number of nitrogens with one attached hydrogen (secondary N) is 3. The maximum absolute atomic E-state index is 12.6. The summed E-state index contributed by atoms with van der Waals surface area (Å²) in [5, 5.41) is 13.7. The average Bonchev–Trinajstić information content (AvgIpc) is 3.40. The minimum Gasteiger partial charge on any atom is -0.406 e. The number of benzene rings is 3. The smallest absolute Gasteiger partial charge is 0.406 e. The standard InChI is InChI=1S/C28H24ClF3N6O2S/c1-16-2-11-23(29)24(12-16)35-27(41)36-26(39)34-20-6-5-17-13-19(4-3-18(17)14-20)25-33-15-38(37-25)21-7-9-22(10-8-21)40-28(30,31)32/h2-4,7-13,15,20H,5-6,14H2,1H3,(H3,34,35,36,39,41). The minimum absolute atomic E-state index is 0.0691. The number of carbonyl (C=O) groups excluding carboxylic acids is 1. The Kier molecular flexibility index (Phi) is 8.13. The highest BCUT2D eigenvalue weighted by Gasteiger charge is 2.31. The first-order chi connectivity index (χ1) is 19.5. The van der Waals surface area contributed by atoms with E-state index in [1.165, 1.54) is 35.3 Å². The van der Waals surface area contributed by atoms with Crippen LogP contribution in [0.25, 0.3) is 17.1 Å². The van der Waals surface area contributed by atoms with Gasteiger partial charge in [-0.1, -0.05) is 29.8 Å². The number of alkyl halides is 3. The molecule has 3 N–H and O–H groups in total. The molecule has 3 aromatic carbocycles. The van der Waals surface area contributed by atoms with E-state index in [9.17, 15) is 18.0 Å². The Bertz CT molecular complexity index is 1590. The minimum atomic E-state index is -4.75. The van der Waals surface area contributed by atoms with Crippen molar-refractivity contribution in [2.45, 2.75) is 38.6 Å². The zero-order chi connectivity index (χ0) is 29.1. The molecule has 8 nitrogen and oxygen atoms in total. The van der Waals surface area contributed by atoms with Crippen LogP contribution in [0.2, 0.25) is 5.02 Å². The molecule has 0 radical (unpaired) electrons. The molecule has 1 aliphatic carbocycles. The lowest BCUT2D eigenvalue weighted by Crippen LogP contribution is -2.47. The summed E-state index contributed by atoms with van der Waals surface area (Å²) in [5.74, 6) is 0.172. The third-order valence-corrected chi connectivity index (χ3v) is 6.99. The second-order valence-electron chi connectivity index (χ2n) is 9.51. The van der Waals surface area contributed by atoms with Gasteiger partial charge < -0.3 is 15.4 Å². The van der Waals surface area contributed by atoms with Gasteiger partial charge in [0, 0.05) is 11.6 Å². The zero-order valence-electron chi connectivity index (χ0n) is 21.6. The van der Waals surface area contributed by atoms with E-state index in [4.69, 9.17) is 23.8 Å². The second kappa shape index (κ2) is 11.8. The zero-order valence-corrected chi connectivity index (χ0v) is 23.2. The number of thiocarbonyl (C=S) groups is 1. The molecule has 5 rings (SSSR count). The number of rotatable bonds is 5. The van der Waals surface area contributed by atoms with Gasteiger partial charge in [-0.25, -0.2) is 14.5 Å². The summed E-state index contributed by atoms with van der Waals surface area (Å²) in [7, 11) is 0. The van der Waals surface area contributed by atoms with E-state index in [1.54, 1.807) is 6.07 Å². The Morgan fingerprint density at radius 2 is 1.88 bits per heavy atom. The third-order valence-electron chi connectivity index (χ3n) is 6.45. The van der Waals surface area contributed by atoms with Crippen LogP contribution in [0.4, 0.5) is 23.7 Å². The summed E-state index contributed by atoms with van der Waals surface area (Å²) in [6, 6.07) is 16.3. The molecule has 0 saturated carbocycles. The number of hydrogen-bond donors (Lipinski definition) is 3. The first-order valence-corrected chi connectivity index (χ1v) is 13.4. The number of ether oxygens (including phenoxy) is 1. The largest absolute Gasteiger partial charge is 0.573 e. The van der Waals surface area contributed by atoms with E-state index >= 15 is 0 Å². The van der Waals surface area contributed by atoms with Crippen LogP contribution in [0.3, 0.4) is 0 Å². The number of fused-ring (bicyclic) bond motifs is 1. The molecule has 0 aliphatic heterocycles. The van der Waals surface area contributed by atoms with Crippen LogP contribution in [0.15, 0.2) is 67.0 Å². The van der Waals surface area contributed by atoms with Crippen LogP contribution in [0.1, 0.15) is 23.1 Å². The number of hydrogen-bond acceptors (Lipinski definition) is 5. The predicted molar refractivity (Wildman–Crippen MR) is 153 cm³/mol. The highest BCUT2D eigenvalue weighted by Crippen LogP contribution is 2.28. The highest BCUT2D eigenvalue weighted by molar-refractivity contribution is 7.80. The van der Waals surface area contributed by atoms with Crippen LogP contribution < -0.4 is 20.7 Å². The quantitative estimate of drug-likeness (QED) is 0.231. The molecule has 1 unspecified atom stereocenters. The van der Waals surface area contributed by atoms with Gasteiger partial charge in [0.05, 0.1) is 16.4 Å². The fourth-order valence-corrected chi connectivity index (χ4v) is 4.92. The molecule has 0 spiro atoms. The lowest BCUT2D eigenvalue weighted by atomic mass is 9.87. The van der Waals surface area contributed by atoms with E-state index in [0.29, 0.717) is 28.6 Å². The Morgan fingerprint density at radius 3 is 2.63 bits per heavy atom. The molecule has 1 aromatic heterocycles. The van der Waals surface area contributed by atoms with Crippen molar-refractivity contribution in [2.75, 3.05) is 5.32 Å². The lowest BCUT2D eigenvalue weighted by molar-refractivity contribution is -0.274. The molecule has 41 heavy (non-hydrogen) atoms. The van der Waals surface area contributed by atoms with Crippen LogP contribution in [0, 0.1) is 6.92 Å². The van der Waals surface area contributed by atoms with Crippen LogP contribution >= 0.6 is 23.8 Å². The van der Waals surface area contributed by atoms with E-state index in [0.717, 1.165) is 35.1 Å². The van der Waals surface area contributed by atoms with E-state index in [-0.39, 0.29) is 16.9 Å². The third kappa shape index (κ3) is 7.33. The average molecular weight is 601 g/mol. The van der Waals surface area contributed by atoms with E-state index in [1.807, 2.05) is 37.3 Å². The van der Waals surface area contributed by atoms with Gasteiger partial charge in [0.25, 0.3) is 0 Å². The Balaban J connectivity index is 1.17. The normalized spacial score (nSPS) is 14.6. The topological polar surface area (TPSA) is 93.1 Å². The monoisotopic (exact) mass is 600 g/mol. The molecule has 2 amide bonds. The van der Waals surface area contributed by atoms with Gasteiger partial charge in [0.2, 0.25) is 0 Å². The number of aromatic nitrogens is 3. The van der Waals surface area contributed by atoms with Gasteiger partial charge in [0.15, 0.2) is 10.9 Å². The molecular weight excluding hydrogens is 577 g/mol. The lowest BCUT2D eigenvalue weighted by Gasteiger charge is -2.26.